The average molecular weight is 349 g/mol. The fourth-order valence-electron chi connectivity index (χ4n) is 1.71. The van der Waals surface area contributed by atoms with Crippen LogP contribution in [0.3, 0.4) is 0 Å². The first-order valence-corrected chi connectivity index (χ1v) is 6.78. The van der Waals surface area contributed by atoms with Crippen molar-refractivity contribution in [3.05, 3.63) is 52.5 Å². The third kappa shape index (κ3) is 3.96. The van der Waals surface area contributed by atoms with Gasteiger partial charge in [0.15, 0.2) is 0 Å². The predicted octanol–water partition coefficient (Wildman–Crippen LogP) is 2.77. The number of urea groups is 1. The summed E-state index contributed by atoms with van der Waals surface area (Å²) >= 11 is 3.27. The first kappa shape index (κ1) is 14.9. The van der Waals surface area contributed by atoms with Crippen LogP contribution in [0.4, 0.5) is 21.9 Å². The summed E-state index contributed by atoms with van der Waals surface area (Å²) in [5.74, 6) is -0.301. The largest absolute Gasteiger partial charge is 0.398 e. The van der Waals surface area contributed by atoms with E-state index in [9.17, 15) is 9.59 Å². The van der Waals surface area contributed by atoms with Crippen molar-refractivity contribution >= 4 is 44.9 Å². The number of anilines is 3. The lowest BCUT2D eigenvalue weighted by Crippen LogP contribution is -2.19. The molecular formula is C14H13BrN4O2. The molecule has 0 radical (unpaired) electrons. The van der Waals surface area contributed by atoms with Gasteiger partial charge >= 0.3 is 6.03 Å². The number of carbonyl (C=O) groups excluding carboxylic acids is 2. The predicted molar refractivity (Wildman–Crippen MR) is 86.2 cm³/mol. The summed E-state index contributed by atoms with van der Waals surface area (Å²) in [6.07, 6.45) is 0. The summed E-state index contributed by atoms with van der Waals surface area (Å²) < 4.78 is 0.728. The molecule has 0 fully saturated rings. The van der Waals surface area contributed by atoms with Gasteiger partial charge in [0.05, 0.1) is 0 Å². The van der Waals surface area contributed by atoms with Crippen LogP contribution in [0.1, 0.15) is 10.4 Å². The van der Waals surface area contributed by atoms with Crippen molar-refractivity contribution in [2.75, 3.05) is 16.4 Å². The average Bonchev–Trinajstić information content (AvgIpc) is 2.41. The van der Waals surface area contributed by atoms with Gasteiger partial charge in [-0.15, -0.1) is 0 Å². The summed E-state index contributed by atoms with van der Waals surface area (Å²) in [6.45, 7) is 0. The van der Waals surface area contributed by atoms with Crippen molar-refractivity contribution in [3.8, 4) is 0 Å². The molecular weight excluding hydrogens is 336 g/mol. The molecule has 0 aromatic heterocycles. The van der Waals surface area contributed by atoms with E-state index < -0.39 is 6.03 Å². The van der Waals surface area contributed by atoms with E-state index in [4.69, 9.17) is 11.5 Å². The van der Waals surface area contributed by atoms with Gasteiger partial charge in [-0.25, -0.2) is 4.79 Å². The molecule has 0 saturated heterocycles. The third-order valence-electron chi connectivity index (χ3n) is 2.65. The number of rotatable bonds is 3. The molecule has 108 valence electrons. The topological polar surface area (TPSA) is 110 Å². The molecule has 2 rings (SSSR count). The molecule has 0 spiro atoms. The summed E-state index contributed by atoms with van der Waals surface area (Å²) in [6, 6.07) is 10.9. The van der Waals surface area contributed by atoms with Crippen molar-refractivity contribution in [1.29, 1.82) is 0 Å². The molecule has 0 heterocycles. The van der Waals surface area contributed by atoms with Crippen LogP contribution in [0, 0.1) is 0 Å². The number of nitrogens with two attached hydrogens (primary N) is 2. The van der Waals surface area contributed by atoms with E-state index in [1.54, 1.807) is 42.5 Å². The number of benzene rings is 2. The Hall–Kier alpha value is -2.54. The Balaban J connectivity index is 2.15. The number of nitrogen functional groups attached to an aromatic ring is 1. The van der Waals surface area contributed by atoms with Gasteiger partial charge in [-0.3, -0.25) is 4.79 Å². The Morgan fingerprint density at radius 2 is 1.67 bits per heavy atom. The number of primary amides is 1. The fraction of sp³-hybridized carbons (Fsp3) is 0. The third-order valence-corrected chi connectivity index (χ3v) is 3.37. The van der Waals surface area contributed by atoms with Gasteiger partial charge in [0, 0.05) is 27.1 Å². The van der Waals surface area contributed by atoms with Gasteiger partial charge in [-0.05, 0) is 52.3 Å². The van der Waals surface area contributed by atoms with Crippen molar-refractivity contribution in [2.24, 2.45) is 5.73 Å². The highest BCUT2D eigenvalue weighted by atomic mass is 79.9. The second-order valence-corrected chi connectivity index (χ2v) is 5.11. The standard InChI is InChI=1S/C14H13BrN4O2/c15-11-5-4-8(6-12(11)16)13(20)18-9-2-1-3-10(7-9)19-14(17)21/h1-7H,16H2,(H,18,20)(H3,17,19,21). The maximum absolute atomic E-state index is 12.1. The van der Waals surface area contributed by atoms with E-state index in [1.165, 1.54) is 0 Å². The van der Waals surface area contributed by atoms with Crippen LogP contribution in [0.5, 0.6) is 0 Å². The fourth-order valence-corrected chi connectivity index (χ4v) is 1.95. The lowest BCUT2D eigenvalue weighted by molar-refractivity contribution is 0.102. The highest BCUT2D eigenvalue weighted by molar-refractivity contribution is 9.10. The Bertz CT molecular complexity index is 703. The molecule has 0 saturated carbocycles. The molecule has 0 unspecified atom stereocenters. The zero-order valence-corrected chi connectivity index (χ0v) is 12.5. The lowest BCUT2D eigenvalue weighted by atomic mass is 10.2. The first-order valence-electron chi connectivity index (χ1n) is 5.98. The van der Waals surface area contributed by atoms with Gasteiger partial charge in [-0.1, -0.05) is 6.07 Å². The number of amides is 3. The second-order valence-electron chi connectivity index (χ2n) is 4.26. The highest BCUT2D eigenvalue weighted by Gasteiger charge is 2.08. The van der Waals surface area contributed by atoms with Gasteiger partial charge in [0.1, 0.15) is 0 Å². The van der Waals surface area contributed by atoms with Crippen LogP contribution in [-0.4, -0.2) is 11.9 Å². The van der Waals surface area contributed by atoms with Gasteiger partial charge < -0.3 is 22.1 Å². The monoisotopic (exact) mass is 348 g/mol. The first-order chi connectivity index (χ1) is 9.95. The van der Waals surface area contributed by atoms with E-state index in [0.717, 1.165) is 4.47 Å². The van der Waals surface area contributed by atoms with E-state index in [-0.39, 0.29) is 5.91 Å². The van der Waals surface area contributed by atoms with Crippen molar-refractivity contribution in [1.82, 2.24) is 0 Å². The van der Waals surface area contributed by atoms with E-state index in [2.05, 4.69) is 26.6 Å². The van der Waals surface area contributed by atoms with Gasteiger partial charge in [0.2, 0.25) is 0 Å². The number of hydrogen-bond acceptors (Lipinski definition) is 3. The second kappa shape index (κ2) is 6.27. The molecule has 0 aliphatic carbocycles. The number of nitrogens with one attached hydrogen (secondary N) is 2. The summed E-state index contributed by atoms with van der Waals surface area (Å²) in [5, 5.41) is 5.15. The molecule has 0 aliphatic rings. The Kier molecular flexibility index (Phi) is 4.44. The Morgan fingerprint density at radius 3 is 2.29 bits per heavy atom. The smallest absolute Gasteiger partial charge is 0.316 e. The van der Waals surface area contributed by atoms with E-state index in [0.29, 0.717) is 22.6 Å². The molecule has 0 aliphatic heterocycles. The van der Waals surface area contributed by atoms with Gasteiger partial charge in [0.25, 0.3) is 5.91 Å². The van der Waals surface area contributed by atoms with E-state index >= 15 is 0 Å². The molecule has 7 heteroatoms. The maximum atomic E-state index is 12.1. The quantitative estimate of drug-likeness (QED) is 0.640. The Labute approximate surface area is 129 Å². The molecule has 0 bridgehead atoms. The zero-order valence-electron chi connectivity index (χ0n) is 10.9. The molecule has 6 nitrogen and oxygen atoms in total. The van der Waals surface area contributed by atoms with Crippen LogP contribution >= 0.6 is 15.9 Å². The molecule has 3 amide bonds. The van der Waals surface area contributed by atoms with E-state index in [1.807, 2.05) is 0 Å². The van der Waals surface area contributed by atoms with Crippen LogP contribution in [-0.2, 0) is 0 Å². The minimum Gasteiger partial charge on any atom is -0.398 e. The number of halogens is 1. The highest BCUT2D eigenvalue weighted by Crippen LogP contribution is 2.21. The summed E-state index contributed by atoms with van der Waals surface area (Å²) in [7, 11) is 0. The van der Waals surface area contributed by atoms with Gasteiger partial charge in [-0.2, -0.15) is 0 Å². The Morgan fingerprint density at radius 1 is 1.00 bits per heavy atom. The van der Waals surface area contributed by atoms with Crippen LogP contribution < -0.4 is 22.1 Å². The van der Waals surface area contributed by atoms with Crippen molar-refractivity contribution in [3.63, 3.8) is 0 Å². The minimum atomic E-state index is -0.667. The SMILES string of the molecule is NC(=O)Nc1cccc(NC(=O)c2ccc(Br)c(N)c2)c1. The van der Waals surface area contributed by atoms with Crippen LogP contribution in [0.2, 0.25) is 0 Å². The molecule has 2 aromatic rings. The van der Waals surface area contributed by atoms with Crippen LogP contribution in [0.25, 0.3) is 0 Å². The lowest BCUT2D eigenvalue weighted by Gasteiger charge is -2.08. The number of hydrogen-bond donors (Lipinski definition) is 4. The summed E-state index contributed by atoms with van der Waals surface area (Å²) in [4.78, 5) is 22.9. The van der Waals surface area contributed by atoms with Crippen molar-refractivity contribution < 1.29 is 9.59 Å². The summed E-state index contributed by atoms with van der Waals surface area (Å²) in [5.41, 5.74) is 12.7. The van der Waals surface area contributed by atoms with Crippen LogP contribution in [0.15, 0.2) is 46.9 Å². The zero-order chi connectivity index (χ0) is 15.4. The van der Waals surface area contributed by atoms with Crippen molar-refractivity contribution in [2.45, 2.75) is 0 Å². The molecule has 21 heavy (non-hydrogen) atoms. The molecule has 2 aromatic carbocycles. The minimum absolute atomic E-state index is 0.301. The normalized spacial score (nSPS) is 9.95. The maximum Gasteiger partial charge on any atom is 0.316 e. The number of carbonyl (C=O) groups is 2. The molecule has 6 N–H and O–H groups in total. The molecule has 0 atom stereocenters.